The Kier molecular flexibility index (Phi) is 4.36. The van der Waals surface area contributed by atoms with Gasteiger partial charge in [-0.3, -0.25) is 4.79 Å². The summed E-state index contributed by atoms with van der Waals surface area (Å²) in [7, 11) is 1.86. The van der Waals surface area contributed by atoms with Crippen molar-refractivity contribution in [2.24, 2.45) is 0 Å². The number of carbonyl (C=O) groups is 1. The van der Waals surface area contributed by atoms with Crippen molar-refractivity contribution in [1.29, 1.82) is 0 Å². The molecule has 0 saturated carbocycles. The number of nitrogens with zero attached hydrogens (tertiary/aromatic N) is 1. The molecule has 3 nitrogen and oxygen atoms in total. The fraction of sp³-hybridized carbons (Fsp3) is 0.235. The van der Waals surface area contributed by atoms with Crippen molar-refractivity contribution in [3.63, 3.8) is 0 Å². The first-order valence-electron chi connectivity index (χ1n) is 7.09. The smallest absolute Gasteiger partial charge is 0.227 e. The molecule has 0 aliphatic rings. The second kappa shape index (κ2) is 6.26. The highest BCUT2D eigenvalue weighted by atomic mass is 79.9. The SMILES string of the molecule is Cc1[nH]c2ccccc2c1CC(=O)N(C)Cc1ccc(Br)s1. The molecule has 0 aliphatic carbocycles. The fourth-order valence-electron chi connectivity index (χ4n) is 2.61. The molecule has 0 fully saturated rings. The van der Waals surface area contributed by atoms with Crippen molar-refractivity contribution in [3.8, 4) is 0 Å². The highest BCUT2D eigenvalue weighted by Crippen LogP contribution is 2.25. The zero-order valence-electron chi connectivity index (χ0n) is 12.5. The van der Waals surface area contributed by atoms with E-state index in [2.05, 4.69) is 33.0 Å². The molecule has 22 heavy (non-hydrogen) atoms. The lowest BCUT2D eigenvalue weighted by molar-refractivity contribution is -0.129. The van der Waals surface area contributed by atoms with Gasteiger partial charge in [-0.15, -0.1) is 11.3 Å². The average Bonchev–Trinajstić information content (AvgIpc) is 3.03. The maximum Gasteiger partial charge on any atom is 0.227 e. The van der Waals surface area contributed by atoms with Gasteiger partial charge in [-0.1, -0.05) is 18.2 Å². The first-order chi connectivity index (χ1) is 10.5. The van der Waals surface area contributed by atoms with E-state index in [0.29, 0.717) is 13.0 Å². The minimum absolute atomic E-state index is 0.136. The van der Waals surface area contributed by atoms with E-state index in [4.69, 9.17) is 0 Å². The van der Waals surface area contributed by atoms with E-state index >= 15 is 0 Å². The molecule has 1 aromatic carbocycles. The fourth-order valence-corrected chi connectivity index (χ4v) is 4.14. The Labute approximate surface area is 142 Å². The minimum Gasteiger partial charge on any atom is -0.358 e. The van der Waals surface area contributed by atoms with Crippen LogP contribution in [0.25, 0.3) is 10.9 Å². The van der Waals surface area contributed by atoms with Crippen molar-refractivity contribution < 1.29 is 4.79 Å². The third kappa shape index (κ3) is 3.10. The van der Waals surface area contributed by atoms with Crippen LogP contribution in [0, 0.1) is 6.92 Å². The predicted octanol–water partition coefficient (Wildman–Crippen LogP) is 4.50. The molecule has 0 radical (unpaired) electrons. The van der Waals surface area contributed by atoms with E-state index in [9.17, 15) is 4.79 Å². The molecular formula is C17H17BrN2OS. The minimum atomic E-state index is 0.136. The molecule has 0 saturated heterocycles. The number of fused-ring (bicyclic) bond motifs is 1. The summed E-state index contributed by atoms with van der Waals surface area (Å²) in [5.41, 5.74) is 3.26. The van der Waals surface area contributed by atoms with Crippen molar-refractivity contribution in [3.05, 3.63) is 56.3 Å². The van der Waals surface area contributed by atoms with Crippen LogP contribution < -0.4 is 0 Å². The maximum absolute atomic E-state index is 12.5. The first kappa shape index (κ1) is 15.3. The maximum atomic E-state index is 12.5. The lowest BCUT2D eigenvalue weighted by Crippen LogP contribution is -2.27. The van der Waals surface area contributed by atoms with Gasteiger partial charge in [0.25, 0.3) is 0 Å². The molecule has 0 unspecified atom stereocenters. The van der Waals surface area contributed by atoms with Crippen LogP contribution in [0.4, 0.5) is 0 Å². The van der Waals surface area contributed by atoms with E-state index in [1.54, 1.807) is 16.2 Å². The molecule has 2 heterocycles. The number of para-hydroxylation sites is 1. The summed E-state index contributed by atoms with van der Waals surface area (Å²) in [5.74, 6) is 0.136. The van der Waals surface area contributed by atoms with Crippen molar-refractivity contribution in [1.82, 2.24) is 9.88 Å². The van der Waals surface area contributed by atoms with Gasteiger partial charge in [-0.25, -0.2) is 0 Å². The van der Waals surface area contributed by atoms with Crippen LogP contribution in [0.3, 0.4) is 0 Å². The Bertz CT molecular complexity index is 821. The third-order valence-corrected chi connectivity index (χ3v) is 5.41. The van der Waals surface area contributed by atoms with Crippen LogP contribution >= 0.6 is 27.3 Å². The molecular weight excluding hydrogens is 360 g/mol. The quantitative estimate of drug-likeness (QED) is 0.714. The number of rotatable bonds is 4. The summed E-state index contributed by atoms with van der Waals surface area (Å²) in [6.45, 7) is 2.68. The lowest BCUT2D eigenvalue weighted by atomic mass is 10.1. The first-order valence-corrected chi connectivity index (χ1v) is 8.70. The molecule has 5 heteroatoms. The second-order valence-electron chi connectivity index (χ2n) is 5.41. The number of halogens is 1. The van der Waals surface area contributed by atoms with Gasteiger partial charge in [-0.05, 0) is 46.6 Å². The molecule has 2 aromatic heterocycles. The Morgan fingerprint density at radius 3 is 2.77 bits per heavy atom. The number of thiophene rings is 1. The van der Waals surface area contributed by atoms with Crippen LogP contribution in [-0.4, -0.2) is 22.8 Å². The Morgan fingerprint density at radius 2 is 2.05 bits per heavy atom. The zero-order chi connectivity index (χ0) is 15.7. The van der Waals surface area contributed by atoms with Gasteiger partial charge in [0.15, 0.2) is 0 Å². The summed E-state index contributed by atoms with van der Waals surface area (Å²) in [5, 5.41) is 1.14. The summed E-state index contributed by atoms with van der Waals surface area (Å²) in [6.07, 6.45) is 0.429. The molecule has 0 bridgehead atoms. The van der Waals surface area contributed by atoms with E-state index in [0.717, 1.165) is 25.9 Å². The molecule has 1 N–H and O–H groups in total. The number of hydrogen-bond acceptors (Lipinski definition) is 2. The number of amides is 1. The lowest BCUT2D eigenvalue weighted by Gasteiger charge is -2.16. The molecule has 3 rings (SSSR count). The second-order valence-corrected chi connectivity index (χ2v) is 7.95. The van der Waals surface area contributed by atoms with Crippen LogP contribution in [0.1, 0.15) is 16.1 Å². The molecule has 0 aliphatic heterocycles. The predicted molar refractivity (Wildman–Crippen MR) is 95.2 cm³/mol. The van der Waals surface area contributed by atoms with E-state index in [-0.39, 0.29) is 5.91 Å². The van der Waals surface area contributed by atoms with E-state index in [1.807, 2.05) is 38.2 Å². The highest BCUT2D eigenvalue weighted by molar-refractivity contribution is 9.11. The summed E-state index contributed by atoms with van der Waals surface area (Å²) >= 11 is 5.12. The number of benzene rings is 1. The number of aromatic amines is 1. The standard InChI is InChI=1S/C17H17BrN2OS/c1-11-14(13-5-3-4-6-15(13)19-11)9-17(21)20(2)10-12-7-8-16(18)22-12/h3-8,19H,9-10H2,1-2H3. The number of aromatic nitrogens is 1. The Balaban J connectivity index is 1.76. The van der Waals surface area contributed by atoms with Gasteiger partial charge in [0.1, 0.15) is 0 Å². The highest BCUT2D eigenvalue weighted by Gasteiger charge is 2.16. The molecule has 114 valence electrons. The molecule has 3 aromatic rings. The molecule has 0 atom stereocenters. The van der Waals surface area contributed by atoms with E-state index in [1.165, 1.54) is 4.88 Å². The van der Waals surface area contributed by atoms with Crippen LogP contribution in [0.2, 0.25) is 0 Å². The summed E-state index contributed by atoms with van der Waals surface area (Å²) in [6, 6.07) is 12.2. The molecule has 0 spiro atoms. The van der Waals surface area contributed by atoms with Crippen molar-refractivity contribution >= 4 is 44.1 Å². The summed E-state index contributed by atoms with van der Waals surface area (Å²) in [4.78, 5) is 18.8. The Hall–Kier alpha value is -1.59. The van der Waals surface area contributed by atoms with Gasteiger partial charge in [0, 0.05) is 28.5 Å². The average molecular weight is 377 g/mol. The van der Waals surface area contributed by atoms with Crippen molar-refractivity contribution in [2.45, 2.75) is 19.9 Å². The number of carbonyl (C=O) groups excluding carboxylic acids is 1. The van der Waals surface area contributed by atoms with Gasteiger partial charge in [0.2, 0.25) is 5.91 Å². The zero-order valence-corrected chi connectivity index (χ0v) is 14.9. The Morgan fingerprint density at radius 1 is 1.27 bits per heavy atom. The number of hydrogen-bond donors (Lipinski definition) is 1. The number of H-pyrrole nitrogens is 1. The number of nitrogens with one attached hydrogen (secondary N) is 1. The van der Waals surface area contributed by atoms with Gasteiger partial charge in [-0.2, -0.15) is 0 Å². The third-order valence-electron chi connectivity index (χ3n) is 3.80. The van der Waals surface area contributed by atoms with Crippen LogP contribution in [0.15, 0.2) is 40.2 Å². The largest absolute Gasteiger partial charge is 0.358 e. The van der Waals surface area contributed by atoms with Gasteiger partial charge >= 0.3 is 0 Å². The summed E-state index contributed by atoms with van der Waals surface area (Å²) < 4.78 is 1.09. The monoisotopic (exact) mass is 376 g/mol. The van der Waals surface area contributed by atoms with Crippen LogP contribution in [-0.2, 0) is 17.8 Å². The van der Waals surface area contributed by atoms with Gasteiger partial charge in [0.05, 0.1) is 16.8 Å². The van der Waals surface area contributed by atoms with Gasteiger partial charge < -0.3 is 9.88 Å². The van der Waals surface area contributed by atoms with Crippen molar-refractivity contribution in [2.75, 3.05) is 7.05 Å². The number of aryl methyl sites for hydroxylation is 1. The molecule has 1 amide bonds. The topological polar surface area (TPSA) is 36.1 Å². The normalized spacial score (nSPS) is 11.0. The van der Waals surface area contributed by atoms with Crippen LogP contribution in [0.5, 0.6) is 0 Å². The number of likely N-dealkylation sites (N-methyl/N-ethyl adjacent to an activating group) is 1. The van der Waals surface area contributed by atoms with E-state index < -0.39 is 0 Å².